The summed E-state index contributed by atoms with van der Waals surface area (Å²) in [4.78, 5) is 2.71. The van der Waals surface area contributed by atoms with Crippen LogP contribution in [0.3, 0.4) is 0 Å². The average Bonchev–Trinajstić information content (AvgIpc) is 3.08. The number of halogens is 1. The molecule has 1 N–H and O–H groups in total. The molecule has 0 bridgehead atoms. The van der Waals surface area contributed by atoms with E-state index in [1.807, 2.05) is 11.3 Å². The summed E-state index contributed by atoms with van der Waals surface area (Å²) in [5.74, 6) is 0. The van der Waals surface area contributed by atoms with Crippen LogP contribution in [0.5, 0.6) is 0 Å². The van der Waals surface area contributed by atoms with Gasteiger partial charge in [-0.25, -0.2) is 0 Å². The van der Waals surface area contributed by atoms with E-state index in [1.165, 1.54) is 30.1 Å². The first-order valence-electron chi connectivity index (χ1n) is 6.34. The topological polar surface area (TPSA) is 12.0 Å². The predicted octanol–water partition coefficient (Wildman–Crippen LogP) is 6.00. The minimum atomic E-state index is 0.886. The highest BCUT2D eigenvalue weighted by Gasteiger charge is 2.04. The van der Waals surface area contributed by atoms with Crippen LogP contribution in [0.1, 0.15) is 10.4 Å². The largest absolute Gasteiger partial charge is 0.380 e. The molecule has 0 unspecified atom stereocenters. The van der Waals surface area contributed by atoms with Crippen molar-refractivity contribution in [2.24, 2.45) is 0 Å². The van der Waals surface area contributed by atoms with E-state index in [4.69, 9.17) is 0 Å². The number of nitrogens with one attached hydrogen (secondary N) is 1. The molecule has 0 atom stereocenters. The molecule has 0 spiro atoms. The van der Waals surface area contributed by atoms with E-state index in [0.717, 1.165) is 6.54 Å². The fourth-order valence-electron chi connectivity index (χ4n) is 2.05. The molecule has 102 valence electrons. The summed E-state index contributed by atoms with van der Waals surface area (Å²) >= 11 is 5.96. The van der Waals surface area contributed by atoms with Crippen molar-refractivity contribution in [3.8, 4) is 10.4 Å². The van der Waals surface area contributed by atoms with Crippen molar-refractivity contribution in [3.05, 3.63) is 61.2 Å². The Balaban J connectivity index is 1.70. The van der Waals surface area contributed by atoms with Crippen LogP contribution in [0.25, 0.3) is 10.4 Å². The molecular weight excluding hydrogens is 397 g/mol. The van der Waals surface area contributed by atoms with Crippen LogP contribution in [0.2, 0.25) is 0 Å². The fourth-order valence-corrected chi connectivity index (χ4v) is 4.31. The molecule has 1 nitrogen and oxygen atoms in total. The van der Waals surface area contributed by atoms with Crippen LogP contribution in [-0.4, -0.2) is 0 Å². The number of hydrogen-bond acceptors (Lipinski definition) is 3. The number of benzene rings is 1. The van der Waals surface area contributed by atoms with Gasteiger partial charge in [-0.1, -0.05) is 6.07 Å². The van der Waals surface area contributed by atoms with Gasteiger partial charge in [0.1, 0.15) is 0 Å². The lowest BCUT2D eigenvalue weighted by molar-refractivity contribution is 1.18. The van der Waals surface area contributed by atoms with Crippen LogP contribution in [0, 0.1) is 10.5 Å². The van der Waals surface area contributed by atoms with E-state index in [9.17, 15) is 0 Å². The third-order valence-corrected chi connectivity index (χ3v) is 5.63. The lowest BCUT2D eigenvalue weighted by Crippen LogP contribution is -1.99. The van der Waals surface area contributed by atoms with Gasteiger partial charge in [0.15, 0.2) is 0 Å². The zero-order chi connectivity index (χ0) is 13.9. The maximum Gasteiger partial charge on any atom is 0.0494 e. The molecule has 1 aromatic carbocycles. The van der Waals surface area contributed by atoms with Gasteiger partial charge in [0, 0.05) is 31.1 Å². The van der Waals surface area contributed by atoms with Crippen molar-refractivity contribution >= 4 is 51.0 Å². The smallest absolute Gasteiger partial charge is 0.0494 e. The molecule has 0 radical (unpaired) electrons. The summed E-state index contributed by atoms with van der Waals surface area (Å²) in [7, 11) is 0. The van der Waals surface area contributed by atoms with Gasteiger partial charge < -0.3 is 5.32 Å². The van der Waals surface area contributed by atoms with E-state index < -0.39 is 0 Å². The monoisotopic (exact) mass is 411 g/mol. The summed E-state index contributed by atoms with van der Waals surface area (Å²) in [5.41, 5.74) is 3.85. The van der Waals surface area contributed by atoms with E-state index in [1.54, 1.807) is 11.3 Å². The van der Waals surface area contributed by atoms with Gasteiger partial charge >= 0.3 is 0 Å². The molecule has 20 heavy (non-hydrogen) atoms. The second-order valence-electron chi connectivity index (χ2n) is 4.59. The van der Waals surface area contributed by atoms with Crippen molar-refractivity contribution in [1.29, 1.82) is 0 Å². The number of thiophene rings is 2. The SMILES string of the molecule is Cc1cc(I)ccc1NCc1cc(-c2cccs2)cs1. The Bertz CT molecular complexity index is 701. The van der Waals surface area contributed by atoms with Gasteiger partial charge in [0.2, 0.25) is 0 Å². The van der Waals surface area contributed by atoms with Crippen LogP contribution >= 0.6 is 45.3 Å². The number of hydrogen-bond donors (Lipinski definition) is 1. The molecule has 0 aliphatic carbocycles. The highest BCUT2D eigenvalue weighted by atomic mass is 127. The minimum absolute atomic E-state index is 0.886. The molecule has 3 aromatic rings. The summed E-state index contributed by atoms with van der Waals surface area (Å²) in [5, 5.41) is 7.89. The first kappa shape index (κ1) is 14.1. The molecule has 3 rings (SSSR count). The Morgan fingerprint density at radius 2 is 2.05 bits per heavy atom. The Morgan fingerprint density at radius 1 is 1.15 bits per heavy atom. The third-order valence-electron chi connectivity index (χ3n) is 3.10. The first-order chi connectivity index (χ1) is 9.72. The molecule has 2 heterocycles. The van der Waals surface area contributed by atoms with Gasteiger partial charge in [-0.15, -0.1) is 22.7 Å². The van der Waals surface area contributed by atoms with Crippen molar-refractivity contribution in [2.75, 3.05) is 5.32 Å². The average molecular weight is 411 g/mol. The Labute approximate surface area is 140 Å². The van der Waals surface area contributed by atoms with E-state index in [2.05, 4.69) is 82.0 Å². The van der Waals surface area contributed by atoms with Gasteiger partial charge in [-0.3, -0.25) is 0 Å². The lowest BCUT2D eigenvalue weighted by Gasteiger charge is -2.08. The van der Waals surface area contributed by atoms with Crippen LogP contribution in [-0.2, 0) is 6.54 Å². The standard InChI is InChI=1S/C16H14INS2/c1-11-7-13(17)4-5-15(11)18-9-14-8-12(10-20-14)16-3-2-6-19-16/h2-8,10,18H,9H2,1H3. The highest BCUT2D eigenvalue weighted by Crippen LogP contribution is 2.29. The van der Waals surface area contributed by atoms with E-state index in [-0.39, 0.29) is 0 Å². The lowest BCUT2D eigenvalue weighted by atomic mass is 10.2. The van der Waals surface area contributed by atoms with Crippen molar-refractivity contribution in [1.82, 2.24) is 0 Å². The zero-order valence-corrected chi connectivity index (χ0v) is 14.8. The normalized spacial score (nSPS) is 10.7. The summed E-state index contributed by atoms with van der Waals surface area (Å²) < 4.78 is 1.28. The quantitative estimate of drug-likeness (QED) is 0.519. The maximum absolute atomic E-state index is 3.53. The Kier molecular flexibility index (Phi) is 4.43. The fraction of sp³-hybridized carbons (Fsp3) is 0.125. The minimum Gasteiger partial charge on any atom is -0.380 e. The molecule has 4 heteroatoms. The molecule has 0 saturated carbocycles. The number of rotatable bonds is 4. The summed E-state index contributed by atoms with van der Waals surface area (Å²) in [6, 6.07) is 13.1. The van der Waals surface area contributed by atoms with Gasteiger partial charge in [-0.2, -0.15) is 0 Å². The maximum atomic E-state index is 3.53. The first-order valence-corrected chi connectivity index (χ1v) is 9.17. The third kappa shape index (κ3) is 3.24. The van der Waals surface area contributed by atoms with Crippen LogP contribution in [0.4, 0.5) is 5.69 Å². The highest BCUT2D eigenvalue weighted by molar-refractivity contribution is 14.1. The van der Waals surface area contributed by atoms with Crippen LogP contribution in [0.15, 0.2) is 47.2 Å². The molecule has 0 fully saturated rings. The summed E-state index contributed by atoms with van der Waals surface area (Å²) in [6.07, 6.45) is 0. The number of anilines is 1. The van der Waals surface area contributed by atoms with Crippen LogP contribution < -0.4 is 5.32 Å². The molecule has 2 aromatic heterocycles. The number of aryl methyl sites for hydroxylation is 1. The Morgan fingerprint density at radius 3 is 2.80 bits per heavy atom. The van der Waals surface area contributed by atoms with Crippen molar-refractivity contribution < 1.29 is 0 Å². The van der Waals surface area contributed by atoms with Gasteiger partial charge in [-0.05, 0) is 76.2 Å². The zero-order valence-electron chi connectivity index (χ0n) is 11.0. The summed E-state index contributed by atoms with van der Waals surface area (Å²) in [6.45, 7) is 3.04. The molecule has 0 aliphatic heterocycles. The second-order valence-corrected chi connectivity index (χ2v) is 7.78. The molecule has 0 saturated heterocycles. The van der Waals surface area contributed by atoms with Crippen molar-refractivity contribution in [2.45, 2.75) is 13.5 Å². The molecule has 0 amide bonds. The predicted molar refractivity (Wildman–Crippen MR) is 98.9 cm³/mol. The van der Waals surface area contributed by atoms with Crippen molar-refractivity contribution in [3.63, 3.8) is 0 Å². The van der Waals surface area contributed by atoms with E-state index >= 15 is 0 Å². The molecular formula is C16H14INS2. The Hall–Kier alpha value is -0.850. The van der Waals surface area contributed by atoms with Gasteiger partial charge in [0.25, 0.3) is 0 Å². The van der Waals surface area contributed by atoms with Gasteiger partial charge in [0.05, 0.1) is 0 Å². The molecule has 0 aliphatic rings. The second kappa shape index (κ2) is 6.28. The van der Waals surface area contributed by atoms with E-state index in [0.29, 0.717) is 0 Å².